The second-order valence-corrected chi connectivity index (χ2v) is 10.3. The minimum Gasteiger partial charge on any atom is -0.590 e. The minimum atomic E-state index is -2.42. The molecule has 27 heavy (non-hydrogen) atoms. The lowest BCUT2D eigenvalue weighted by atomic mass is 9.99. The molecule has 0 aliphatic heterocycles. The van der Waals surface area contributed by atoms with Crippen LogP contribution in [0.3, 0.4) is 0 Å². The smallest absolute Gasteiger partial charge is 0.376 e. The van der Waals surface area contributed by atoms with Crippen LogP contribution in [0.4, 0.5) is 0 Å². The molecule has 160 valence electrons. The lowest BCUT2D eigenvalue weighted by molar-refractivity contribution is -0.910. The van der Waals surface area contributed by atoms with Crippen LogP contribution in [-0.4, -0.2) is 30.9 Å². The van der Waals surface area contributed by atoms with Gasteiger partial charge in [0.25, 0.3) is 5.28 Å². The molecule has 0 rings (SSSR count). The third kappa shape index (κ3) is 11.4. The molecule has 2 unspecified atom stereocenters. The molecular weight excluding hydrogens is 353 g/mol. The maximum Gasteiger partial charge on any atom is 0.376 e. The highest BCUT2D eigenvalue weighted by molar-refractivity contribution is 7.38. The van der Waals surface area contributed by atoms with Gasteiger partial charge in [-0.3, -0.25) is 4.48 Å². The summed E-state index contributed by atoms with van der Waals surface area (Å²) >= 11 is 0. The first-order chi connectivity index (χ1) is 12.8. The van der Waals surface area contributed by atoms with Crippen molar-refractivity contribution in [3.05, 3.63) is 12.2 Å². The van der Waals surface area contributed by atoms with Crippen LogP contribution in [0.25, 0.3) is 0 Å². The Labute approximate surface area is 171 Å². The number of rotatable bonds is 18. The highest BCUT2D eigenvalue weighted by Crippen LogP contribution is 2.45. The molecule has 3 nitrogen and oxygen atoms in total. The lowest BCUT2D eigenvalue weighted by Gasteiger charge is -2.39. The zero-order valence-electron chi connectivity index (χ0n) is 19.0. The molecule has 0 aromatic carbocycles. The molecule has 0 aromatic heterocycles. The van der Waals surface area contributed by atoms with Crippen LogP contribution in [0.2, 0.25) is 0 Å². The summed E-state index contributed by atoms with van der Waals surface area (Å²) in [6.07, 6.45) is 22.3. The predicted molar refractivity (Wildman–Crippen MR) is 118 cm³/mol. The van der Waals surface area contributed by atoms with Crippen LogP contribution < -0.4 is 4.89 Å². The Hall–Kier alpha value is -0.240. The highest BCUT2D eigenvalue weighted by Gasteiger charge is 2.53. The predicted octanol–water partition coefficient (Wildman–Crippen LogP) is 6.94. The third-order valence-electron chi connectivity index (χ3n) is 5.83. The summed E-state index contributed by atoms with van der Waals surface area (Å²) in [6.45, 7) is 4.34. The quantitative estimate of drug-likeness (QED) is 0.108. The van der Waals surface area contributed by atoms with E-state index in [-0.39, 0.29) is 0 Å². The van der Waals surface area contributed by atoms with Crippen molar-refractivity contribution in [2.75, 3.05) is 21.1 Å². The van der Waals surface area contributed by atoms with Gasteiger partial charge in [0.05, 0.1) is 21.1 Å². The van der Waals surface area contributed by atoms with Crippen LogP contribution in [-0.2, 0) is 4.57 Å². The van der Waals surface area contributed by atoms with Gasteiger partial charge in [0.2, 0.25) is 0 Å². The van der Waals surface area contributed by atoms with Crippen molar-refractivity contribution in [3.63, 3.8) is 0 Å². The van der Waals surface area contributed by atoms with Crippen molar-refractivity contribution in [3.8, 4) is 0 Å². The van der Waals surface area contributed by atoms with Crippen molar-refractivity contribution >= 4 is 8.03 Å². The highest BCUT2D eigenvalue weighted by atomic mass is 31.1. The van der Waals surface area contributed by atoms with Gasteiger partial charge >= 0.3 is 8.03 Å². The summed E-state index contributed by atoms with van der Waals surface area (Å²) in [5.74, 6) is 0. The van der Waals surface area contributed by atoms with Crippen molar-refractivity contribution in [2.24, 2.45) is 0 Å². The van der Waals surface area contributed by atoms with Crippen molar-refractivity contribution in [2.45, 2.75) is 115 Å². The number of unbranched alkanes of at least 4 members (excludes halogenated alkanes) is 10. The van der Waals surface area contributed by atoms with Crippen LogP contribution in [0.5, 0.6) is 0 Å². The van der Waals surface area contributed by atoms with Crippen LogP contribution >= 0.6 is 8.03 Å². The monoisotopic (exact) mass is 400 g/mol. The van der Waals surface area contributed by atoms with E-state index in [0.29, 0.717) is 4.48 Å². The van der Waals surface area contributed by atoms with Gasteiger partial charge in [0.15, 0.2) is 0 Å². The van der Waals surface area contributed by atoms with Gasteiger partial charge in [-0.25, -0.2) is 0 Å². The van der Waals surface area contributed by atoms with Crippen molar-refractivity contribution in [1.29, 1.82) is 0 Å². The molecule has 0 fully saturated rings. The summed E-state index contributed by atoms with van der Waals surface area (Å²) in [7, 11) is 3.66. The topological polar surface area (TPSA) is 40.1 Å². The second-order valence-electron chi connectivity index (χ2n) is 8.98. The molecule has 0 radical (unpaired) electrons. The van der Waals surface area contributed by atoms with Gasteiger partial charge in [-0.2, -0.15) is 0 Å². The van der Waals surface area contributed by atoms with Gasteiger partial charge in [-0.1, -0.05) is 75.5 Å². The average molecular weight is 401 g/mol. The van der Waals surface area contributed by atoms with E-state index in [4.69, 9.17) is 0 Å². The molecule has 0 aliphatic carbocycles. The molecule has 0 saturated carbocycles. The maximum absolute atomic E-state index is 12.0. The lowest BCUT2D eigenvalue weighted by Crippen LogP contribution is -2.55. The van der Waals surface area contributed by atoms with Gasteiger partial charge in [-0.15, -0.1) is 0 Å². The summed E-state index contributed by atoms with van der Waals surface area (Å²) < 4.78 is 12.6. The van der Waals surface area contributed by atoms with E-state index in [1.807, 2.05) is 21.1 Å². The van der Waals surface area contributed by atoms with E-state index in [1.54, 1.807) is 0 Å². The van der Waals surface area contributed by atoms with E-state index in [1.165, 1.54) is 64.2 Å². The fraction of sp³-hybridized carbons (Fsp3) is 0.913. The van der Waals surface area contributed by atoms with Crippen molar-refractivity contribution < 1.29 is 13.9 Å². The number of hydrogen-bond acceptors (Lipinski definition) is 2. The molecule has 0 spiro atoms. The zero-order valence-corrected chi connectivity index (χ0v) is 19.9. The molecule has 0 bridgehead atoms. The van der Waals surface area contributed by atoms with Crippen LogP contribution in [0, 0.1) is 0 Å². The van der Waals surface area contributed by atoms with E-state index in [9.17, 15) is 9.46 Å². The third-order valence-corrected chi connectivity index (χ3v) is 7.55. The Morgan fingerprint density at radius 3 is 1.67 bits per heavy atom. The maximum atomic E-state index is 12.0. The SMILES string of the molecule is CCCCCCC=CCCCCCCCCC(CCC)([P+](=O)[O-])[N+](C)(C)C. The van der Waals surface area contributed by atoms with Gasteiger partial charge in [0, 0.05) is 12.8 Å². The molecule has 0 heterocycles. The largest absolute Gasteiger partial charge is 0.590 e. The summed E-state index contributed by atoms with van der Waals surface area (Å²) in [6, 6.07) is 0. The Morgan fingerprint density at radius 1 is 0.741 bits per heavy atom. The van der Waals surface area contributed by atoms with Crippen LogP contribution in [0.1, 0.15) is 110 Å². The van der Waals surface area contributed by atoms with Gasteiger partial charge in [0.1, 0.15) is 0 Å². The molecule has 0 aromatic rings. The number of allylic oxidation sites excluding steroid dienone is 2. The fourth-order valence-electron chi connectivity index (χ4n) is 3.93. The van der Waals surface area contributed by atoms with Crippen molar-refractivity contribution in [1.82, 2.24) is 0 Å². The Bertz CT molecular complexity index is 404. The van der Waals surface area contributed by atoms with E-state index >= 15 is 0 Å². The molecule has 0 amide bonds. The first-order valence-electron chi connectivity index (χ1n) is 11.4. The normalized spacial score (nSPS) is 15.3. The average Bonchev–Trinajstić information content (AvgIpc) is 2.59. The summed E-state index contributed by atoms with van der Waals surface area (Å²) in [5, 5.41) is -0.591. The first kappa shape index (κ1) is 26.8. The van der Waals surface area contributed by atoms with Gasteiger partial charge < -0.3 is 4.89 Å². The van der Waals surface area contributed by atoms with E-state index in [0.717, 1.165) is 32.1 Å². The first-order valence-corrected chi connectivity index (χ1v) is 12.6. The van der Waals surface area contributed by atoms with E-state index in [2.05, 4.69) is 26.0 Å². The molecule has 2 atom stereocenters. The minimum absolute atomic E-state index is 0.518. The second kappa shape index (κ2) is 15.7. The summed E-state index contributed by atoms with van der Waals surface area (Å²) in [4.78, 5) is 12.0. The fourth-order valence-corrected chi connectivity index (χ4v) is 5.16. The summed E-state index contributed by atoms with van der Waals surface area (Å²) in [5.41, 5.74) is 0. The molecule has 0 saturated heterocycles. The molecule has 4 heteroatoms. The Kier molecular flexibility index (Phi) is 15.5. The standard InChI is InChI=1S/C23H47NO2P/c1-6-8-9-10-11-12-13-14-15-16-17-18-19-20-22-23(21-7-2,27(25)26)24(3,4)5/h12-13H,6-11,14-22H2,1-5H3/q+1. The molecular formula is C23H47NO2P+. The van der Waals surface area contributed by atoms with Gasteiger partial charge in [-0.05, 0) is 38.5 Å². The zero-order chi connectivity index (χ0) is 20.6. The molecule has 0 N–H and O–H groups in total. The number of nitrogens with zero attached hydrogens (tertiary/aromatic N) is 1. The number of quaternary nitrogens is 1. The Morgan fingerprint density at radius 2 is 1.22 bits per heavy atom. The number of hydrogen-bond donors (Lipinski definition) is 0. The Balaban J connectivity index is 3.86. The molecule has 0 aliphatic rings. The van der Waals surface area contributed by atoms with Crippen LogP contribution in [0.15, 0.2) is 12.2 Å². The van der Waals surface area contributed by atoms with E-state index < -0.39 is 13.3 Å².